The van der Waals surface area contributed by atoms with Crippen LogP contribution in [-0.2, 0) is 16.4 Å². The first-order valence-corrected chi connectivity index (χ1v) is 15.2. The number of benzene rings is 2. The lowest BCUT2D eigenvalue weighted by atomic mass is 9.97. The molecular formula is C30H33N7O3S. The Morgan fingerprint density at radius 2 is 1.83 bits per heavy atom. The molecule has 212 valence electrons. The zero-order chi connectivity index (χ0) is 28.7. The van der Waals surface area contributed by atoms with Crippen molar-refractivity contribution in [3.05, 3.63) is 88.9 Å². The Kier molecular flexibility index (Phi) is 7.10. The lowest BCUT2D eigenvalue weighted by molar-refractivity contribution is 0.441. The summed E-state index contributed by atoms with van der Waals surface area (Å²) < 4.78 is 30.5. The molecule has 0 aliphatic carbocycles. The van der Waals surface area contributed by atoms with Crippen LogP contribution in [0.5, 0.6) is 0 Å². The monoisotopic (exact) mass is 571 g/mol. The van der Waals surface area contributed by atoms with Gasteiger partial charge in [-0.1, -0.05) is 38.6 Å². The molecule has 6 rings (SSSR count). The molecule has 1 unspecified atom stereocenters. The number of allylic oxidation sites excluding steroid dienone is 1. The predicted octanol–water partition coefficient (Wildman–Crippen LogP) is 3.65. The van der Waals surface area contributed by atoms with Crippen molar-refractivity contribution in [1.29, 1.82) is 0 Å². The van der Waals surface area contributed by atoms with E-state index in [1.54, 1.807) is 36.5 Å². The second-order valence-corrected chi connectivity index (χ2v) is 12.4. The summed E-state index contributed by atoms with van der Waals surface area (Å²) in [5.74, 6) is 0.318. The van der Waals surface area contributed by atoms with Crippen molar-refractivity contribution in [1.82, 2.24) is 24.6 Å². The molecule has 0 amide bonds. The number of sulfonamides is 1. The molecule has 2 aromatic heterocycles. The molecule has 1 atom stereocenters. The minimum Gasteiger partial charge on any atom is -0.369 e. The standard InChI is InChI=1S/C30H33N7O3S/c1-19(2)20(3)25-16-22-18-32-30(33-23-8-10-24(11-9-23)36-14-12-31-13-15-36)34-28(22)37(29(25)38)27-17-21-6-4-5-7-26(21)41(39,40)35-27/h4-11,16,18-19,27,31,35H,3,12-15,17H2,1-2H3,(H,32,33,34). The van der Waals surface area contributed by atoms with Crippen LogP contribution in [0.4, 0.5) is 17.3 Å². The Morgan fingerprint density at radius 1 is 1.10 bits per heavy atom. The first-order valence-electron chi connectivity index (χ1n) is 13.8. The van der Waals surface area contributed by atoms with Crippen molar-refractivity contribution in [3.8, 4) is 0 Å². The first kappa shape index (κ1) is 27.1. The molecule has 0 saturated carbocycles. The van der Waals surface area contributed by atoms with Crippen LogP contribution in [0.2, 0.25) is 0 Å². The molecule has 41 heavy (non-hydrogen) atoms. The summed E-state index contributed by atoms with van der Waals surface area (Å²) in [7, 11) is -3.85. The van der Waals surface area contributed by atoms with E-state index in [0.29, 0.717) is 40.1 Å². The average molecular weight is 572 g/mol. The molecule has 2 aliphatic heterocycles. The normalized spacial score (nSPS) is 18.3. The molecular weight excluding hydrogens is 538 g/mol. The number of rotatable bonds is 6. The second kappa shape index (κ2) is 10.7. The Labute approximate surface area is 239 Å². The Hall–Kier alpha value is -4.06. The first-order chi connectivity index (χ1) is 19.7. The molecule has 4 heterocycles. The van der Waals surface area contributed by atoms with Gasteiger partial charge in [-0.25, -0.2) is 13.4 Å². The number of anilines is 3. The molecule has 0 radical (unpaired) electrons. The van der Waals surface area contributed by atoms with Gasteiger partial charge in [0.1, 0.15) is 11.8 Å². The maximum atomic E-state index is 14.0. The molecule has 4 aromatic rings. The highest BCUT2D eigenvalue weighted by molar-refractivity contribution is 7.89. The predicted molar refractivity (Wildman–Crippen MR) is 162 cm³/mol. The highest BCUT2D eigenvalue weighted by atomic mass is 32.2. The number of fused-ring (bicyclic) bond motifs is 2. The van der Waals surface area contributed by atoms with Crippen LogP contribution in [0, 0.1) is 5.92 Å². The van der Waals surface area contributed by atoms with E-state index < -0.39 is 16.2 Å². The summed E-state index contributed by atoms with van der Waals surface area (Å²) in [5, 5.41) is 7.21. The van der Waals surface area contributed by atoms with Crippen LogP contribution < -0.4 is 25.8 Å². The van der Waals surface area contributed by atoms with Crippen LogP contribution in [0.3, 0.4) is 0 Å². The van der Waals surface area contributed by atoms with Crippen molar-refractivity contribution in [3.63, 3.8) is 0 Å². The lowest BCUT2D eigenvalue weighted by Crippen LogP contribution is -2.43. The molecule has 3 N–H and O–H groups in total. The number of nitrogens with one attached hydrogen (secondary N) is 3. The van der Waals surface area contributed by atoms with E-state index in [2.05, 4.69) is 44.0 Å². The topological polar surface area (TPSA) is 121 Å². The molecule has 0 spiro atoms. The van der Waals surface area contributed by atoms with Crippen LogP contribution >= 0.6 is 0 Å². The molecule has 11 heteroatoms. The summed E-state index contributed by atoms with van der Waals surface area (Å²) in [6, 6.07) is 16.6. The van der Waals surface area contributed by atoms with E-state index in [-0.39, 0.29) is 16.4 Å². The summed E-state index contributed by atoms with van der Waals surface area (Å²) in [6.07, 6.45) is 1.08. The number of nitrogens with zero attached hydrogens (tertiary/aromatic N) is 4. The fraction of sp³-hybridized carbons (Fsp3) is 0.300. The number of hydrogen-bond acceptors (Lipinski definition) is 8. The molecule has 2 aromatic carbocycles. The van der Waals surface area contributed by atoms with Crippen LogP contribution in [0.15, 0.2) is 77.1 Å². The Bertz CT molecular complexity index is 1790. The van der Waals surface area contributed by atoms with Gasteiger partial charge in [0.25, 0.3) is 5.56 Å². The smallest absolute Gasteiger partial charge is 0.261 e. The molecule has 1 saturated heterocycles. The van der Waals surface area contributed by atoms with Gasteiger partial charge in [0.05, 0.1) is 4.90 Å². The van der Waals surface area contributed by atoms with Crippen LogP contribution in [0.25, 0.3) is 16.6 Å². The van der Waals surface area contributed by atoms with E-state index in [0.717, 1.165) is 37.6 Å². The second-order valence-electron chi connectivity index (χ2n) is 10.7. The summed E-state index contributed by atoms with van der Waals surface area (Å²) in [4.78, 5) is 25.8. The van der Waals surface area contributed by atoms with Crippen LogP contribution in [-0.4, -0.2) is 49.1 Å². The van der Waals surface area contributed by atoms with Gasteiger partial charge in [-0.05, 0) is 53.5 Å². The number of piperazine rings is 1. The van der Waals surface area contributed by atoms with E-state index in [1.807, 2.05) is 26.0 Å². The Morgan fingerprint density at radius 3 is 2.56 bits per heavy atom. The molecule has 10 nitrogen and oxygen atoms in total. The number of aromatic nitrogens is 3. The summed E-state index contributed by atoms with van der Waals surface area (Å²) in [6.45, 7) is 11.9. The van der Waals surface area contributed by atoms with E-state index in [9.17, 15) is 13.2 Å². The minimum atomic E-state index is -3.85. The highest BCUT2D eigenvalue weighted by Gasteiger charge is 2.32. The van der Waals surface area contributed by atoms with Gasteiger partial charge in [0.2, 0.25) is 16.0 Å². The lowest BCUT2D eigenvalue weighted by Gasteiger charge is -2.29. The molecule has 0 bridgehead atoms. The molecule has 2 aliphatic rings. The Balaban J connectivity index is 1.41. The van der Waals surface area contributed by atoms with E-state index in [1.165, 1.54) is 4.57 Å². The van der Waals surface area contributed by atoms with Gasteiger partial charge >= 0.3 is 0 Å². The van der Waals surface area contributed by atoms with E-state index in [4.69, 9.17) is 4.98 Å². The van der Waals surface area contributed by atoms with Crippen molar-refractivity contribution in [2.75, 3.05) is 36.4 Å². The van der Waals surface area contributed by atoms with Crippen molar-refractivity contribution < 1.29 is 8.42 Å². The quantitative estimate of drug-likeness (QED) is 0.321. The van der Waals surface area contributed by atoms with E-state index >= 15 is 0 Å². The zero-order valence-electron chi connectivity index (χ0n) is 23.1. The third-order valence-corrected chi connectivity index (χ3v) is 9.26. The highest BCUT2D eigenvalue weighted by Crippen LogP contribution is 2.30. The van der Waals surface area contributed by atoms with Crippen molar-refractivity contribution in [2.24, 2.45) is 5.92 Å². The van der Waals surface area contributed by atoms with Gasteiger partial charge in [-0.15, -0.1) is 0 Å². The van der Waals surface area contributed by atoms with Gasteiger partial charge < -0.3 is 15.5 Å². The fourth-order valence-corrected chi connectivity index (χ4v) is 6.82. The van der Waals surface area contributed by atoms with Gasteiger partial charge in [-0.2, -0.15) is 9.71 Å². The maximum Gasteiger partial charge on any atom is 0.261 e. The average Bonchev–Trinajstić information content (AvgIpc) is 2.97. The van der Waals surface area contributed by atoms with Gasteiger partial charge in [-0.3, -0.25) is 9.36 Å². The number of hydrogen-bond donors (Lipinski definition) is 3. The summed E-state index contributed by atoms with van der Waals surface area (Å²) in [5.41, 5.74) is 3.64. The SMILES string of the molecule is C=C(c1cc2cnc(Nc3ccc(N4CCNCC4)cc3)nc2n(C2Cc3ccccc3S(=O)(=O)N2)c1=O)C(C)C. The molecule has 1 fully saturated rings. The number of pyridine rings is 1. The summed E-state index contributed by atoms with van der Waals surface area (Å²) >= 11 is 0. The fourth-order valence-electron chi connectivity index (χ4n) is 5.39. The van der Waals surface area contributed by atoms with Gasteiger partial charge in [0, 0.05) is 61.1 Å². The largest absolute Gasteiger partial charge is 0.369 e. The van der Waals surface area contributed by atoms with Gasteiger partial charge in [0.15, 0.2) is 0 Å². The maximum absolute atomic E-state index is 14.0. The minimum absolute atomic E-state index is 0.0170. The third kappa shape index (κ3) is 5.23. The van der Waals surface area contributed by atoms with Crippen molar-refractivity contribution >= 4 is 44.0 Å². The zero-order valence-corrected chi connectivity index (χ0v) is 23.9. The third-order valence-electron chi connectivity index (χ3n) is 7.70. The van der Waals surface area contributed by atoms with Crippen molar-refractivity contribution in [2.45, 2.75) is 31.3 Å². The van der Waals surface area contributed by atoms with Crippen LogP contribution in [0.1, 0.15) is 31.1 Å².